The van der Waals surface area contributed by atoms with Crippen LogP contribution >= 0.6 is 0 Å². The van der Waals surface area contributed by atoms with Gasteiger partial charge in [-0.25, -0.2) is 0 Å². The molecule has 0 radical (unpaired) electrons. The Hall–Kier alpha value is -2.34. The van der Waals surface area contributed by atoms with Crippen LogP contribution in [-0.2, 0) is 12.8 Å². The molecule has 2 aromatic rings. The lowest BCUT2D eigenvalue weighted by Crippen LogP contribution is -2.24. The highest BCUT2D eigenvalue weighted by Crippen LogP contribution is 2.36. The smallest absolute Gasteiger partial charge is 0.164 e. The number of aliphatic hydroxyl groups excluding tert-OH is 1. The van der Waals surface area contributed by atoms with Crippen LogP contribution in [0.2, 0.25) is 0 Å². The number of fused-ring (bicyclic) bond motifs is 1. The average Bonchev–Trinajstić information content (AvgIpc) is 2.62. The Balaban J connectivity index is 1.65. The van der Waals surface area contributed by atoms with Crippen molar-refractivity contribution in [3.8, 4) is 11.5 Å². The predicted octanol–water partition coefficient (Wildman–Crippen LogP) is 1.71. The third-order valence-corrected chi connectivity index (χ3v) is 4.28. The van der Waals surface area contributed by atoms with Crippen LogP contribution in [0, 0.1) is 5.92 Å². The molecule has 6 nitrogen and oxygen atoms in total. The number of ether oxygens (including phenoxy) is 2. The summed E-state index contributed by atoms with van der Waals surface area (Å²) in [4.78, 5) is 1.88. The van der Waals surface area contributed by atoms with Gasteiger partial charge in [-0.05, 0) is 36.6 Å². The quantitative estimate of drug-likeness (QED) is 0.870. The monoisotopic (exact) mass is 329 g/mol. The summed E-state index contributed by atoms with van der Waals surface area (Å²) in [7, 11) is 3.55. The molecule has 128 valence electrons. The van der Waals surface area contributed by atoms with E-state index in [-0.39, 0.29) is 6.61 Å². The number of hydrogen-bond donors (Lipinski definition) is 1. The average molecular weight is 329 g/mol. The van der Waals surface area contributed by atoms with Crippen LogP contribution in [0.3, 0.4) is 0 Å². The van der Waals surface area contributed by atoms with Crippen LogP contribution in [0.25, 0.3) is 0 Å². The highest BCUT2D eigenvalue weighted by molar-refractivity contribution is 5.47. The molecule has 0 bridgehead atoms. The molecule has 0 amide bonds. The Morgan fingerprint density at radius 3 is 2.88 bits per heavy atom. The van der Waals surface area contributed by atoms with Gasteiger partial charge in [0.1, 0.15) is 0 Å². The molecule has 24 heavy (non-hydrogen) atoms. The zero-order chi connectivity index (χ0) is 16.9. The lowest BCUT2D eigenvalue weighted by Gasteiger charge is -2.26. The van der Waals surface area contributed by atoms with Crippen molar-refractivity contribution in [1.29, 1.82) is 0 Å². The molecule has 0 fully saturated rings. The fourth-order valence-corrected chi connectivity index (χ4v) is 2.97. The zero-order valence-corrected chi connectivity index (χ0v) is 14.1. The Bertz CT molecular complexity index is 676. The van der Waals surface area contributed by atoms with Gasteiger partial charge in [-0.1, -0.05) is 12.1 Å². The second-order valence-corrected chi connectivity index (χ2v) is 6.06. The molecule has 1 aromatic carbocycles. The van der Waals surface area contributed by atoms with E-state index >= 15 is 0 Å². The van der Waals surface area contributed by atoms with Gasteiger partial charge in [0.25, 0.3) is 0 Å². The fraction of sp³-hybridized carbons (Fsp3) is 0.444. The summed E-state index contributed by atoms with van der Waals surface area (Å²) in [5.74, 6) is 2.80. The second-order valence-electron chi connectivity index (χ2n) is 6.06. The first-order valence-corrected chi connectivity index (χ1v) is 8.14. The van der Waals surface area contributed by atoms with Crippen molar-refractivity contribution in [2.45, 2.75) is 12.8 Å². The van der Waals surface area contributed by atoms with Gasteiger partial charge in [0.2, 0.25) is 0 Å². The van der Waals surface area contributed by atoms with Gasteiger partial charge in [-0.15, -0.1) is 5.10 Å². The zero-order valence-electron chi connectivity index (χ0n) is 14.1. The summed E-state index contributed by atoms with van der Waals surface area (Å²) in [5.41, 5.74) is 2.13. The first-order valence-electron chi connectivity index (χ1n) is 8.14. The van der Waals surface area contributed by atoms with E-state index in [1.54, 1.807) is 7.11 Å². The van der Waals surface area contributed by atoms with Crippen LogP contribution in [0.15, 0.2) is 30.3 Å². The molecule has 3 rings (SSSR count). The number of para-hydroxylation sites is 1. The summed E-state index contributed by atoms with van der Waals surface area (Å²) in [6.07, 6.45) is 1.77. The molecule has 0 unspecified atom stereocenters. The summed E-state index contributed by atoms with van der Waals surface area (Å²) in [6.45, 7) is 1.30. The third-order valence-electron chi connectivity index (χ3n) is 4.28. The largest absolute Gasteiger partial charge is 0.493 e. The van der Waals surface area contributed by atoms with Gasteiger partial charge in [0.05, 0.1) is 26.0 Å². The first kappa shape index (κ1) is 16.5. The fourth-order valence-electron chi connectivity index (χ4n) is 2.97. The van der Waals surface area contributed by atoms with Gasteiger partial charge in [-0.3, -0.25) is 0 Å². The second kappa shape index (κ2) is 7.49. The van der Waals surface area contributed by atoms with Crippen LogP contribution in [-0.4, -0.2) is 49.2 Å². The Kier molecular flexibility index (Phi) is 5.15. The molecular formula is C18H23N3O3. The van der Waals surface area contributed by atoms with E-state index in [9.17, 15) is 0 Å². The molecular weight excluding hydrogens is 306 g/mol. The highest BCUT2D eigenvalue weighted by Gasteiger charge is 2.23. The van der Waals surface area contributed by atoms with E-state index in [1.165, 1.54) is 5.56 Å². The minimum absolute atomic E-state index is 0.0994. The maximum absolute atomic E-state index is 8.97. The van der Waals surface area contributed by atoms with Crippen molar-refractivity contribution in [2.24, 2.45) is 5.92 Å². The van der Waals surface area contributed by atoms with Crippen molar-refractivity contribution in [2.75, 3.05) is 38.8 Å². The number of rotatable bonds is 6. The standard InChI is InChI=1S/C18H23N3O3/c1-21(8-9-22)17-7-6-15(19-20-17)11-13-10-14-4-3-5-16(23-2)18(14)24-12-13/h3-7,13,22H,8-12H2,1-2H3/t13-/m0/s1. The lowest BCUT2D eigenvalue weighted by molar-refractivity contribution is 0.210. The first-order chi connectivity index (χ1) is 11.7. The van der Waals surface area contributed by atoms with Crippen LogP contribution in [0.4, 0.5) is 5.82 Å². The minimum atomic E-state index is 0.0994. The number of likely N-dealkylation sites (N-methyl/N-ethyl adjacent to an activating group) is 1. The number of aliphatic hydroxyl groups is 1. The van der Waals surface area contributed by atoms with Crippen molar-refractivity contribution < 1.29 is 14.6 Å². The number of benzene rings is 1. The van der Waals surface area contributed by atoms with Gasteiger partial charge >= 0.3 is 0 Å². The lowest BCUT2D eigenvalue weighted by atomic mass is 9.92. The molecule has 0 saturated heterocycles. The van der Waals surface area contributed by atoms with Crippen molar-refractivity contribution >= 4 is 5.82 Å². The maximum atomic E-state index is 8.97. The Morgan fingerprint density at radius 1 is 1.29 bits per heavy atom. The minimum Gasteiger partial charge on any atom is -0.493 e. The number of hydrogen-bond acceptors (Lipinski definition) is 6. The molecule has 6 heteroatoms. The molecule has 1 aromatic heterocycles. The van der Waals surface area contributed by atoms with E-state index in [2.05, 4.69) is 16.3 Å². The number of nitrogens with zero attached hydrogens (tertiary/aromatic N) is 3. The molecule has 1 aliphatic heterocycles. The summed E-state index contributed by atoms with van der Waals surface area (Å²) in [6, 6.07) is 9.94. The summed E-state index contributed by atoms with van der Waals surface area (Å²) < 4.78 is 11.3. The van der Waals surface area contributed by atoms with Crippen molar-refractivity contribution in [3.63, 3.8) is 0 Å². The predicted molar refractivity (Wildman–Crippen MR) is 91.8 cm³/mol. The van der Waals surface area contributed by atoms with Gasteiger partial charge in [-0.2, -0.15) is 5.10 Å². The van der Waals surface area contributed by atoms with Crippen LogP contribution < -0.4 is 14.4 Å². The topological polar surface area (TPSA) is 67.7 Å². The van der Waals surface area contributed by atoms with Crippen LogP contribution in [0.5, 0.6) is 11.5 Å². The molecule has 0 spiro atoms. The third kappa shape index (κ3) is 3.59. The Morgan fingerprint density at radius 2 is 2.17 bits per heavy atom. The summed E-state index contributed by atoms with van der Waals surface area (Å²) >= 11 is 0. The molecule has 1 N–H and O–H groups in total. The molecule has 0 aliphatic carbocycles. The van der Waals surface area contributed by atoms with Gasteiger partial charge in [0.15, 0.2) is 17.3 Å². The molecule has 2 heterocycles. The molecule has 1 atom stereocenters. The van der Waals surface area contributed by atoms with Crippen molar-refractivity contribution in [3.05, 3.63) is 41.6 Å². The van der Waals surface area contributed by atoms with Crippen molar-refractivity contribution in [1.82, 2.24) is 10.2 Å². The van der Waals surface area contributed by atoms with E-state index in [0.29, 0.717) is 19.1 Å². The SMILES string of the molecule is COc1cccc2c1OC[C@H](Cc1ccc(N(C)CCO)nn1)C2. The number of anilines is 1. The number of methoxy groups -OCH3 is 1. The van der Waals surface area contributed by atoms with E-state index in [0.717, 1.165) is 35.9 Å². The highest BCUT2D eigenvalue weighted by atomic mass is 16.5. The van der Waals surface area contributed by atoms with Gasteiger partial charge in [0, 0.05) is 19.5 Å². The van der Waals surface area contributed by atoms with E-state index < -0.39 is 0 Å². The van der Waals surface area contributed by atoms with Gasteiger partial charge < -0.3 is 19.5 Å². The van der Waals surface area contributed by atoms with E-state index in [1.807, 2.05) is 36.2 Å². The molecule has 1 aliphatic rings. The van der Waals surface area contributed by atoms with E-state index in [4.69, 9.17) is 14.6 Å². The normalized spacial score (nSPS) is 16.2. The van der Waals surface area contributed by atoms with Crippen LogP contribution in [0.1, 0.15) is 11.3 Å². The number of aromatic nitrogens is 2. The summed E-state index contributed by atoms with van der Waals surface area (Å²) in [5, 5.41) is 17.5. The molecule has 0 saturated carbocycles. The Labute approximate surface area is 142 Å². The maximum Gasteiger partial charge on any atom is 0.164 e.